The number of amidine groups is 1. The monoisotopic (exact) mass is 707 g/mol. The molecule has 8 aromatic rings. The summed E-state index contributed by atoms with van der Waals surface area (Å²) in [6.45, 7) is 4.78. The first-order chi connectivity index (χ1) is 27.0. The van der Waals surface area contributed by atoms with E-state index in [1.54, 1.807) is 0 Å². The largest absolute Gasteiger partial charge is 0.456 e. The van der Waals surface area contributed by atoms with Crippen LogP contribution in [-0.4, -0.2) is 11.9 Å². The zero-order chi connectivity index (χ0) is 36.4. The highest BCUT2D eigenvalue weighted by molar-refractivity contribution is 6.15. The number of benzene rings is 7. The molecular formula is C51H37N3O. The molecule has 3 atom stereocenters. The van der Waals surface area contributed by atoms with E-state index in [2.05, 4.69) is 176 Å². The van der Waals surface area contributed by atoms with Gasteiger partial charge in [0.05, 0.1) is 17.4 Å². The second-order valence-corrected chi connectivity index (χ2v) is 15.9. The van der Waals surface area contributed by atoms with Gasteiger partial charge in [0.25, 0.3) is 0 Å². The van der Waals surface area contributed by atoms with Gasteiger partial charge >= 0.3 is 0 Å². The summed E-state index contributed by atoms with van der Waals surface area (Å²) in [6, 6.07) is 55.0. The Balaban J connectivity index is 1.07. The number of aliphatic imine (C=N–C) groups is 1. The van der Waals surface area contributed by atoms with Crippen molar-refractivity contribution in [2.45, 2.75) is 37.3 Å². The van der Waals surface area contributed by atoms with E-state index < -0.39 is 0 Å². The zero-order valence-electron chi connectivity index (χ0n) is 30.6. The highest BCUT2D eigenvalue weighted by atomic mass is 16.3. The molecule has 3 heterocycles. The lowest BCUT2D eigenvalue weighted by atomic mass is 9.81. The van der Waals surface area contributed by atoms with Gasteiger partial charge in [-0.25, -0.2) is 0 Å². The van der Waals surface area contributed by atoms with Gasteiger partial charge < -0.3 is 14.6 Å². The Bertz CT molecular complexity index is 3080. The molecule has 2 aliphatic carbocycles. The standard InChI is InChI=1S/C51H37N3O/c1-51(2)40-28-34(50-52-46(30-14-4-3-5-15-30)49-47(53-50)38-21-11-13-23-44(38)55-49)24-25-37(40)45-41(51)27-33-18-8-9-19-35(33)48(45)54-42-22-12-10-20-36(42)39-26-31-16-6-7-17-32(31)29-43(39)54/h3-29,39,43,46H,1-2H3,(H,52,53). The van der Waals surface area contributed by atoms with E-state index in [-0.39, 0.29) is 23.4 Å². The van der Waals surface area contributed by atoms with Crippen LogP contribution in [0.3, 0.4) is 0 Å². The Labute approximate surface area is 319 Å². The third-order valence-electron chi connectivity index (χ3n) is 12.6. The molecule has 262 valence electrons. The quantitative estimate of drug-likeness (QED) is 0.199. The first-order valence-electron chi connectivity index (χ1n) is 19.3. The number of fused-ring (bicyclic) bond motifs is 11. The minimum atomic E-state index is -0.257. The molecule has 3 unspecified atom stereocenters. The molecule has 0 spiro atoms. The topological polar surface area (TPSA) is 40.8 Å². The van der Waals surface area contributed by atoms with Crippen LogP contribution in [0.15, 0.2) is 161 Å². The van der Waals surface area contributed by atoms with Crippen molar-refractivity contribution in [1.82, 2.24) is 0 Å². The summed E-state index contributed by atoms with van der Waals surface area (Å²) in [5, 5.41) is 9.97. The van der Waals surface area contributed by atoms with Crippen molar-refractivity contribution in [3.05, 3.63) is 196 Å². The smallest absolute Gasteiger partial charge is 0.157 e. The molecule has 0 saturated heterocycles. The van der Waals surface area contributed by atoms with Crippen LogP contribution in [-0.2, 0) is 5.41 Å². The molecule has 0 fully saturated rings. The summed E-state index contributed by atoms with van der Waals surface area (Å²) in [5.74, 6) is 1.97. The van der Waals surface area contributed by atoms with E-state index in [1.165, 1.54) is 60.4 Å². The molecular weight excluding hydrogens is 671 g/mol. The number of rotatable bonds is 3. The zero-order valence-corrected chi connectivity index (χ0v) is 30.6. The summed E-state index contributed by atoms with van der Waals surface area (Å²) in [4.78, 5) is 8.05. The van der Waals surface area contributed by atoms with Crippen LogP contribution in [0.4, 0.5) is 17.1 Å². The Kier molecular flexibility index (Phi) is 6.26. The molecule has 55 heavy (non-hydrogen) atoms. The van der Waals surface area contributed by atoms with Crippen LogP contribution >= 0.6 is 0 Å². The van der Waals surface area contributed by atoms with E-state index in [9.17, 15) is 0 Å². The lowest BCUT2D eigenvalue weighted by Gasteiger charge is -2.33. The first-order valence-corrected chi connectivity index (χ1v) is 19.3. The molecule has 0 amide bonds. The summed E-state index contributed by atoms with van der Waals surface area (Å²) in [7, 11) is 0. The highest BCUT2D eigenvalue weighted by Crippen LogP contribution is 2.59. The average Bonchev–Trinajstić information content (AvgIpc) is 3.84. The van der Waals surface area contributed by atoms with Crippen molar-refractivity contribution in [1.29, 1.82) is 0 Å². The number of nitrogens with one attached hydrogen (secondary N) is 1. The number of hydrogen-bond acceptors (Lipinski definition) is 4. The average molecular weight is 708 g/mol. The highest BCUT2D eigenvalue weighted by Gasteiger charge is 2.44. The van der Waals surface area contributed by atoms with Crippen LogP contribution in [0, 0.1) is 0 Å². The Morgan fingerprint density at radius 3 is 2.27 bits per heavy atom. The Hall–Kier alpha value is -6.65. The third-order valence-corrected chi connectivity index (χ3v) is 12.6. The molecule has 0 saturated carbocycles. The molecule has 7 aromatic carbocycles. The van der Waals surface area contributed by atoms with Gasteiger partial charge in [0, 0.05) is 38.9 Å². The Morgan fingerprint density at radius 2 is 1.40 bits per heavy atom. The second-order valence-electron chi connectivity index (χ2n) is 15.9. The van der Waals surface area contributed by atoms with Crippen molar-refractivity contribution in [3.8, 4) is 11.1 Å². The van der Waals surface area contributed by atoms with E-state index in [0.717, 1.165) is 39.4 Å². The third kappa shape index (κ3) is 4.31. The van der Waals surface area contributed by atoms with Crippen molar-refractivity contribution in [3.63, 3.8) is 0 Å². The van der Waals surface area contributed by atoms with E-state index in [1.807, 2.05) is 12.1 Å². The summed E-state index contributed by atoms with van der Waals surface area (Å²) in [6.07, 6.45) is 4.99. The maximum absolute atomic E-state index is 6.49. The van der Waals surface area contributed by atoms with Crippen LogP contribution in [0.25, 0.3) is 45.0 Å². The molecule has 0 bridgehead atoms. The normalized spacial score (nSPS) is 19.6. The van der Waals surface area contributed by atoms with Gasteiger partial charge in [-0.05, 0) is 74.0 Å². The number of hydrogen-bond donors (Lipinski definition) is 1. The van der Waals surface area contributed by atoms with Crippen molar-refractivity contribution < 1.29 is 4.42 Å². The first kappa shape index (κ1) is 30.8. The van der Waals surface area contributed by atoms with Gasteiger partial charge in [-0.3, -0.25) is 4.99 Å². The van der Waals surface area contributed by atoms with Gasteiger partial charge in [0.15, 0.2) is 5.76 Å². The summed E-state index contributed by atoms with van der Waals surface area (Å²) < 4.78 is 6.49. The fourth-order valence-electron chi connectivity index (χ4n) is 9.97. The van der Waals surface area contributed by atoms with E-state index in [4.69, 9.17) is 9.41 Å². The number of nitrogens with zero attached hydrogens (tertiary/aromatic N) is 2. The van der Waals surface area contributed by atoms with Crippen LogP contribution in [0.2, 0.25) is 0 Å². The van der Waals surface area contributed by atoms with Crippen LogP contribution < -0.4 is 20.7 Å². The maximum Gasteiger partial charge on any atom is 0.157 e. The number of furan rings is 1. The molecule has 4 aliphatic rings. The molecule has 1 aromatic heterocycles. The second kappa shape index (κ2) is 11.2. The molecule has 4 nitrogen and oxygen atoms in total. The lowest BCUT2D eigenvalue weighted by molar-refractivity contribution is 0.526. The minimum Gasteiger partial charge on any atom is -0.456 e. The van der Waals surface area contributed by atoms with Crippen LogP contribution in [0.1, 0.15) is 59.4 Å². The summed E-state index contributed by atoms with van der Waals surface area (Å²) >= 11 is 0. The van der Waals surface area contributed by atoms with Gasteiger partial charge in [-0.1, -0.05) is 147 Å². The molecule has 2 aliphatic heterocycles. The fourth-order valence-corrected chi connectivity index (χ4v) is 9.97. The molecule has 12 rings (SSSR count). The predicted octanol–water partition coefficient (Wildman–Crippen LogP) is 10.7. The maximum atomic E-state index is 6.49. The Morgan fingerprint density at radius 1 is 0.673 bits per heavy atom. The predicted molar refractivity (Wildman–Crippen MR) is 226 cm³/mol. The van der Waals surface area contributed by atoms with Gasteiger partial charge in [-0.2, -0.15) is 0 Å². The van der Waals surface area contributed by atoms with Gasteiger partial charge in [0.1, 0.15) is 17.5 Å². The molecule has 4 heteroatoms. The van der Waals surface area contributed by atoms with E-state index in [0.29, 0.717) is 0 Å². The number of para-hydroxylation sites is 2. The van der Waals surface area contributed by atoms with Crippen molar-refractivity contribution in [2.75, 3.05) is 10.2 Å². The summed E-state index contributed by atoms with van der Waals surface area (Å²) in [5.41, 5.74) is 13.0. The SMILES string of the molecule is CC1(C)c2cc(C3=NC(c4ccccc4)c4oc5ccccc5c4N3)ccc2-c2c1cc1ccccc1c2N1c2ccccc2C2C=c3ccccc3=CC21. The van der Waals surface area contributed by atoms with Gasteiger partial charge in [-0.15, -0.1) is 0 Å². The fraction of sp³-hybridized carbons (Fsp3) is 0.118. The van der Waals surface area contributed by atoms with E-state index >= 15 is 0 Å². The minimum absolute atomic E-state index is 0.156. The molecule has 0 radical (unpaired) electrons. The number of anilines is 3. The van der Waals surface area contributed by atoms with Gasteiger partial charge in [0.2, 0.25) is 0 Å². The van der Waals surface area contributed by atoms with Crippen molar-refractivity contribution in [2.24, 2.45) is 4.99 Å². The molecule has 1 N–H and O–H groups in total. The lowest BCUT2D eigenvalue weighted by Crippen LogP contribution is -2.38. The van der Waals surface area contributed by atoms with Crippen molar-refractivity contribution >= 4 is 56.8 Å². The van der Waals surface area contributed by atoms with Crippen LogP contribution in [0.5, 0.6) is 0 Å².